The van der Waals surface area contributed by atoms with Crippen molar-refractivity contribution in [2.45, 2.75) is 0 Å². The van der Waals surface area contributed by atoms with E-state index in [4.69, 9.17) is 13.9 Å². The summed E-state index contributed by atoms with van der Waals surface area (Å²) >= 11 is 0. The smallest absolute Gasteiger partial charge is 0.255 e. The zero-order valence-electron chi connectivity index (χ0n) is 15.4. The van der Waals surface area contributed by atoms with Gasteiger partial charge in [0, 0.05) is 16.8 Å². The van der Waals surface area contributed by atoms with Gasteiger partial charge in [-0.1, -0.05) is 6.07 Å². The third-order valence-corrected chi connectivity index (χ3v) is 4.31. The number of anilines is 1. The number of rotatable bonds is 5. The third-order valence-electron chi connectivity index (χ3n) is 4.31. The lowest BCUT2D eigenvalue weighted by molar-refractivity contribution is 0.102. The zero-order chi connectivity index (χ0) is 19.5. The average Bonchev–Trinajstić information content (AvgIpc) is 3.17. The number of benzene rings is 3. The van der Waals surface area contributed by atoms with E-state index in [1.807, 2.05) is 24.3 Å². The summed E-state index contributed by atoms with van der Waals surface area (Å²) in [5.74, 6) is 1.68. The fraction of sp³-hybridized carbons (Fsp3) is 0.0909. The Bertz CT molecular complexity index is 1130. The van der Waals surface area contributed by atoms with Crippen LogP contribution in [0, 0.1) is 0 Å². The van der Waals surface area contributed by atoms with Crippen LogP contribution < -0.4 is 14.8 Å². The first-order valence-electron chi connectivity index (χ1n) is 8.67. The molecule has 4 rings (SSSR count). The fourth-order valence-electron chi connectivity index (χ4n) is 2.83. The molecule has 0 saturated carbocycles. The minimum Gasteiger partial charge on any atom is -0.497 e. The van der Waals surface area contributed by atoms with Gasteiger partial charge in [-0.25, -0.2) is 4.98 Å². The standard InChI is InChI=1S/C22H18N2O4/c1-26-17-9-6-14(7-10-17)22-24-19-13-16(8-11-20(19)28-22)23-21(25)15-4-3-5-18(12-15)27-2/h3-13H,1-2H3,(H,23,25). The van der Waals surface area contributed by atoms with E-state index in [1.54, 1.807) is 56.7 Å². The van der Waals surface area contributed by atoms with E-state index in [1.165, 1.54) is 0 Å². The van der Waals surface area contributed by atoms with Crippen molar-refractivity contribution in [1.82, 2.24) is 4.98 Å². The molecule has 4 aromatic rings. The van der Waals surface area contributed by atoms with Crippen LogP contribution in [0.2, 0.25) is 0 Å². The van der Waals surface area contributed by atoms with Crippen LogP contribution in [0.25, 0.3) is 22.6 Å². The van der Waals surface area contributed by atoms with Gasteiger partial charge in [0.15, 0.2) is 5.58 Å². The lowest BCUT2D eigenvalue weighted by Crippen LogP contribution is -2.11. The highest BCUT2D eigenvalue weighted by Gasteiger charge is 2.11. The third kappa shape index (κ3) is 3.53. The van der Waals surface area contributed by atoms with Gasteiger partial charge in [-0.2, -0.15) is 0 Å². The number of ether oxygens (including phenoxy) is 2. The molecule has 0 fully saturated rings. The molecule has 0 atom stereocenters. The maximum atomic E-state index is 12.5. The zero-order valence-corrected chi connectivity index (χ0v) is 15.4. The Kier molecular flexibility index (Phi) is 4.68. The van der Waals surface area contributed by atoms with Gasteiger partial charge in [0.25, 0.3) is 5.91 Å². The number of methoxy groups -OCH3 is 2. The number of carbonyl (C=O) groups excluding carboxylic acids is 1. The van der Waals surface area contributed by atoms with Crippen molar-refractivity contribution in [1.29, 1.82) is 0 Å². The molecule has 0 spiro atoms. The van der Waals surface area contributed by atoms with Crippen LogP contribution in [-0.4, -0.2) is 25.1 Å². The molecule has 140 valence electrons. The summed E-state index contributed by atoms with van der Waals surface area (Å²) in [6, 6.07) is 19.8. The number of amides is 1. The predicted octanol–water partition coefficient (Wildman–Crippen LogP) is 4.76. The first-order chi connectivity index (χ1) is 13.7. The van der Waals surface area contributed by atoms with Crippen molar-refractivity contribution < 1.29 is 18.7 Å². The van der Waals surface area contributed by atoms with Crippen molar-refractivity contribution in [3.05, 3.63) is 72.3 Å². The molecule has 6 nitrogen and oxygen atoms in total. The molecule has 0 bridgehead atoms. The van der Waals surface area contributed by atoms with Crippen LogP contribution in [0.15, 0.2) is 71.1 Å². The molecule has 0 aliphatic rings. The molecule has 0 saturated heterocycles. The Hall–Kier alpha value is -3.80. The monoisotopic (exact) mass is 374 g/mol. The Balaban J connectivity index is 1.58. The largest absolute Gasteiger partial charge is 0.497 e. The number of aromatic nitrogens is 1. The van der Waals surface area contributed by atoms with Crippen molar-refractivity contribution in [2.75, 3.05) is 19.5 Å². The first-order valence-corrected chi connectivity index (χ1v) is 8.67. The maximum absolute atomic E-state index is 12.5. The van der Waals surface area contributed by atoms with Gasteiger partial charge >= 0.3 is 0 Å². The van der Waals surface area contributed by atoms with E-state index in [9.17, 15) is 4.79 Å². The Labute approximate surface area is 161 Å². The normalized spacial score (nSPS) is 10.6. The van der Waals surface area contributed by atoms with Crippen molar-refractivity contribution in [3.8, 4) is 23.0 Å². The first kappa shape index (κ1) is 17.6. The molecule has 1 aromatic heterocycles. The van der Waals surface area contributed by atoms with Crippen LogP contribution in [0.5, 0.6) is 11.5 Å². The summed E-state index contributed by atoms with van der Waals surface area (Å²) < 4.78 is 16.2. The highest BCUT2D eigenvalue weighted by atomic mass is 16.5. The predicted molar refractivity (Wildman–Crippen MR) is 107 cm³/mol. The van der Waals surface area contributed by atoms with E-state index in [-0.39, 0.29) is 5.91 Å². The molecule has 1 heterocycles. The quantitative estimate of drug-likeness (QED) is 0.545. The summed E-state index contributed by atoms with van der Waals surface area (Å²) in [5, 5.41) is 2.87. The second-order valence-corrected chi connectivity index (χ2v) is 6.12. The van der Waals surface area contributed by atoms with Gasteiger partial charge in [-0.05, 0) is 60.7 Å². The molecule has 6 heteroatoms. The van der Waals surface area contributed by atoms with Gasteiger partial charge in [-0.15, -0.1) is 0 Å². The summed E-state index contributed by atoms with van der Waals surface area (Å²) in [6.45, 7) is 0. The number of hydrogen-bond donors (Lipinski definition) is 1. The maximum Gasteiger partial charge on any atom is 0.255 e. The molecule has 1 amide bonds. The lowest BCUT2D eigenvalue weighted by atomic mass is 10.2. The molecule has 0 unspecified atom stereocenters. The van der Waals surface area contributed by atoms with Crippen molar-refractivity contribution in [2.24, 2.45) is 0 Å². The Morgan fingerprint density at radius 2 is 1.71 bits per heavy atom. The van der Waals surface area contributed by atoms with Gasteiger partial charge in [0.2, 0.25) is 5.89 Å². The Morgan fingerprint density at radius 1 is 0.929 bits per heavy atom. The van der Waals surface area contributed by atoms with Crippen LogP contribution in [0.4, 0.5) is 5.69 Å². The van der Waals surface area contributed by atoms with Crippen molar-refractivity contribution >= 4 is 22.7 Å². The average molecular weight is 374 g/mol. The summed E-state index contributed by atoms with van der Waals surface area (Å²) in [4.78, 5) is 17.0. The van der Waals surface area contributed by atoms with E-state index >= 15 is 0 Å². The summed E-state index contributed by atoms with van der Waals surface area (Å²) in [6.07, 6.45) is 0. The molecule has 28 heavy (non-hydrogen) atoms. The molecular weight excluding hydrogens is 356 g/mol. The molecule has 0 aliphatic heterocycles. The number of fused-ring (bicyclic) bond motifs is 1. The van der Waals surface area contributed by atoms with Gasteiger partial charge in [-0.3, -0.25) is 4.79 Å². The summed E-state index contributed by atoms with van der Waals surface area (Å²) in [5.41, 5.74) is 3.30. The van der Waals surface area contributed by atoms with Gasteiger partial charge in [0.05, 0.1) is 14.2 Å². The lowest BCUT2D eigenvalue weighted by Gasteiger charge is -2.06. The summed E-state index contributed by atoms with van der Waals surface area (Å²) in [7, 11) is 3.19. The molecule has 1 N–H and O–H groups in total. The number of nitrogens with zero attached hydrogens (tertiary/aromatic N) is 1. The van der Waals surface area contributed by atoms with Crippen molar-refractivity contribution in [3.63, 3.8) is 0 Å². The highest BCUT2D eigenvalue weighted by Crippen LogP contribution is 2.27. The van der Waals surface area contributed by atoms with E-state index in [0.717, 1.165) is 11.3 Å². The van der Waals surface area contributed by atoms with Crippen LogP contribution in [0.1, 0.15) is 10.4 Å². The van der Waals surface area contributed by atoms with Gasteiger partial charge < -0.3 is 19.2 Å². The van der Waals surface area contributed by atoms with Crippen LogP contribution in [-0.2, 0) is 0 Å². The molecule has 3 aromatic carbocycles. The van der Waals surface area contributed by atoms with Crippen LogP contribution >= 0.6 is 0 Å². The van der Waals surface area contributed by atoms with Gasteiger partial charge in [0.1, 0.15) is 17.0 Å². The van der Waals surface area contributed by atoms with Crippen LogP contribution in [0.3, 0.4) is 0 Å². The molecule has 0 aliphatic carbocycles. The number of oxazole rings is 1. The topological polar surface area (TPSA) is 73.6 Å². The molecule has 0 radical (unpaired) electrons. The number of hydrogen-bond acceptors (Lipinski definition) is 5. The van der Waals surface area contributed by atoms with E-state index in [0.29, 0.717) is 34.0 Å². The number of carbonyl (C=O) groups is 1. The second kappa shape index (κ2) is 7.44. The fourth-order valence-corrected chi connectivity index (χ4v) is 2.83. The second-order valence-electron chi connectivity index (χ2n) is 6.12. The Morgan fingerprint density at radius 3 is 2.46 bits per heavy atom. The number of nitrogens with one attached hydrogen (secondary N) is 1. The molecular formula is C22H18N2O4. The highest BCUT2D eigenvalue weighted by molar-refractivity contribution is 6.05. The minimum absolute atomic E-state index is 0.225. The minimum atomic E-state index is -0.225. The van der Waals surface area contributed by atoms with E-state index < -0.39 is 0 Å². The van der Waals surface area contributed by atoms with E-state index in [2.05, 4.69) is 10.3 Å². The SMILES string of the molecule is COc1ccc(-c2nc3cc(NC(=O)c4cccc(OC)c4)ccc3o2)cc1.